The van der Waals surface area contributed by atoms with Crippen LogP contribution in [0.5, 0.6) is 0 Å². The van der Waals surface area contributed by atoms with E-state index in [2.05, 4.69) is 10.2 Å². The lowest BCUT2D eigenvalue weighted by Crippen LogP contribution is -2.21. The van der Waals surface area contributed by atoms with Gasteiger partial charge < -0.3 is 5.41 Å². The summed E-state index contributed by atoms with van der Waals surface area (Å²) in [5.74, 6) is -1.91. The fourth-order valence-electron chi connectivity index (χ4n) is 1.76. The third-order valence-electron chi connectivity index (χ3n) is 2.86. The van der Waals surface area contributed by atoms with Gasteiger partial charge in [-0.1, -0.05) is 23.9 Å². The van der Waals surface area contributed by atoms with E-state index in [0.29, 0.717) is 5.16 Å². The number of Topliss-reactive ketones (excluding diaryl/α,β-unsaturated/α-hetero) is 1. The lowest BCUT2D eigenvalue weighted by atomic mass is 10.0. The number of carbonyl (C=O) groups excluding carboxylic acids is 1. The van der Waals surface area contributed by atoms with Crippen LogP contribution in [0.25, 0.3) is 5.69 Å². The second-order valence-electron chi connectivity index (χ2n) is 4.44. The van der Waals surface area contributed by atoms with E-state index in [1.807, 2.05) is 0 Å². The summed E-state index contributed by atoms with van der Waals surface area (Å²) in [4.78, 5) is 11.9. The Labute approximate surface area is 130 Å². The van der Waals surface area contributed by atoms with Crippen molar-refractivity contribution in [2.24, 2.45) is 5.92 Å². The number of benzene rings is 1. The quantitative estimate of drug-likeness (QED) is 0.651. The molecule has 2 aromatic rings. The summed E-state index contributed by atoms with van der Waals surface area (Å²) in [6.45, 7) is 1.41. The normalized spacial score (nSPS) is 11.7. The van der Waals surface area contributed by atoms with Gasteiger partial charge in [-0.3, -0.25) is 9.36 Å². The number of hydrogen-bond donors (Lipinski definition) is 1. The molecule has 2 rings (SSSR count). The number of nitrogens with zero attached hydrogens (tertiary/aromatic N) is 4. The van der Waals surface area contributed by atoms with Crippen LogP contribution in [-0.2, 0) is 4.79 Å². The SMILES string of the molecule is CC(=N)C(C#N)C(=O)CSc1nncn1-c1ccccc1F. The van der Waals surface area contributed by atoms with Gasteiger partial charge in [0.25, 0.3) is 0 Å². The average molecular weight is 317 g/mol. The Morgan fingerprint density at radius 3 is 2.91 bits per heavy atom. The van der Waals surface area contributed by atoms with Crippen LogP contribution in [0.4, 0.5) is 4.39 Å². The standard InChI is InChI=1S/C14H12FN5OS/c1-9(17)10(6-16)13(21)7-22-14-19-18-8-20(14)12-5-3-2-4-11(12)15/h2-5,8,10,17H,7H2,1H3. The molecular weight excluding hydrogens is 305 g/mol. The van der Waals surface area contributed by atoms with Gasteiger partial charge in [-0.05, 0) is 19.1 Å². The Bertz CT molecular complexity index is 752. The van der Waals surface area contributed by atoms with E-state index in [1.165, 1.54) is 23.9 Å². The molecule has 1 heterocycles. The van der Waals surface area contributed by atoms with Crippen LogP contribution in [0, 0.1) is 28.5 Å². The highest BCUT2D eigenvalue weighted by atomic mass is 32.2. The molecule has 0 aliphatic rings. The van der Waals surface area contributed by atoms with E-state index >= 15 is 0 Å². The van der Waals surface area contributed by atoms with Crippen molar-refractivity contribution in [2.45, 2.75) is 12.1 Å². The van der Waals surface area contributed by atoms with Crippen LogP contribution >= 0.6 is 11.8 Å². The van der Waals surface area contributed by atoms with Gasteiger partial charge >= 0.3 is 0 Å². The number of nitrogens with one attached hydrogen (secondary N) is 1. The number of hydrogen-bond acceptors (Lipinski definition) is 6. The monoisotopic (exact) mass is 317 g/mol. The highest BCUT2D eigenvalue weighted by Crippen LogP contribution is 2.22. The smallest absolute Gasteiger partial charge is 0.196 e. The van der Waals surface area contributed by atoms with E-state index in [-0.39, 0.29) is 22.9 Å². The van der Waals surface area contributed by atoms with E-state index in [9.17, 15) is 9.18 Å². The van der Waals surface area contributed by atoms with Crippen molar-refractivity contribution in [2.75, 3.05) is 5.75 Å². The molecule has 1 atom stereocenters. The zero-order valence-electron chi connectivity index (χ0n) is 11.7. The third kappa shape index (κ3) is 3.38. The van der Waals surface area contributed by atoms with Crippen molar-refractivity contribution in [3.05, 3.63) is 36.4 Å². The van der Waals surface area contributed by atoms with E-state index in [1.54, 1.807) is 24.3 Å². The molecular formula is C14H12FN5OS. The number of para-hydroxylation sites is 1. The number of halogens is 1. The van der Waals surface area contributed by atoms with Crippen LogP contribution in [0.2, 0.25) is 0 Å². The van der Waals surface area contributed by atoms with Crippen molar-refractivity contribution in [1.82, 2.24) is 14.8 Å². The minimum atomic E-state index is -1.06. The maximum atomic E-state index is 13.8. The lowest BCUT2D eigenvalue weighted by Gasteiger charge is -2.08. The first-order valence-electron chi connectivity index (χ1n) is 6.29. The van der Waals surface area contributed by atoms with Gasteiger partial charge in [-0.2, -0.15) is 5.26 Å². The van der Waals surface area contributed by atoms with Crippen LogP contribution in [0.15, 0.2) is 35.7 Å². The predicted octanol–water partition coefficient (Wildman–Crippen LogP) is 2.25. The molecule has 0 radical (unpaired) electrons. The maximum absolute atomic E-state index is 13.8. The topological polar surface area (TPSA) is 95.4 Å². The fourth-order valence-corrected chi connectivity index (χ4v) is 2.59. The summed E-state index contributed by atoms with van der Waals surface area (Å²) >= 11 is 1.05. The number of nitriles is 1. The number of carbonyl (C=O) groups is 1. The van der Waals surface area contributed by atoms with Crippen molar-refractivity contribution < 1.29 is 9.18 Å². The summed E-state index contributed by atoms with van der Waals surface area (Å²) in [6.07, 6.45) is 1.36. The molecule has 0 aliphatic carbocycles. The first kappa shape index (κ1) is 15.9. The minimum Gasteiger partial charge on any atom is -0.308 e. The van der Waals surface area contributed by atoms with Crippen molar-refractivity contribution in [3.8, 4) is 11.8 Å². The number of aromatic nitrogens is 3. The van der Waals surface area contributed by atoms with Gasteiger partial charge in [0.2, 0.25) is 0 Å². The highest BCUT2D eigenvalue weighted by molar-refractivity contribution is 7.99. The lowest BCUT2D eigenvalue weighted by molar-refractivity contribution is -0.117. The van der Waals surface area contributed by atoms with Crippen molar-refractivity contribution in [1.29, 1.82) is 10.7 Å². The highest BCUT2D eigenvalue weighted by Gasteiger charge is 2.21. The summed E-state index contributed by atoms with van der Waals surface area (Å²) in [7, 11) is 0. The number of rotatable bonds is 6. The molecule has 22 heavy (non-hydrogen) atoms. The van der Waals surface area contributed by atoms with E-state index in [0.717, 1.165) is 11.8 Å². The van der Waals surface area contributed by atoms with Gasteiger partial charge in [0.15, 0.2) is 10.9 Å². The molecule has 1 aromatic carbocycles. The second-order valence-corrected chi connectivity index (χ2v) is 5.38. The Morgan fingerprint density at radius 2 is 2.27 bits per heavy atom. The molecule has 0 saturated heterocycles. The molecule has 8 heteroatoms. The number of thioether (sulfide) groups is 1. The minimum absolute atomic E-state index is 0.00340. The molecule has 0 fully saturated rings. The van der Waals surface area contributed by atoms with E-state index < -0.39 is 11.7 Å². The molecule has 1 unspecified atom stereocenters. The molecule has 6 nitrogen and oxygen atoms in total. The van der Waals surface area contributed by atoms with Crippen LogP contribution in [0.1, 0.15) is 6.92 Å². The largest absolute Gasteiger partial charge is 0.308 e. The first-order valence-corrected chi connectivity index (χ1v) is 7.28. The molecule has 0 aliphatic heterocycles. The average Bonchev–Trinajstić information content (AvgIpc) is 2.94. The Morgan fingerprint density at radius 1 is 1.55 bits per heavy atom. The van der Waals surface area contributed by atoms with Gasteiger partial charge in [-0.25, -0.2) is 4.39 Å². The van der Waals surface area contributed by atoms with Gasteiger partial charge in [-0.15, -0.1) is 10.2 Å². The molecule has 112 valence electrons. The second kappa shape index (κ2) is 6.95. The zero-order chi connectivity index (χ0) is 16.1. The first-order chi connectivity index (χ1) is 10.5. The Balaban J connectivity index is 2.15. The van der Waals surface area contributed by atoms with Crippen LogP contribution in [0.3, 0.4) is 0 Å². The third-order valence-corrected chi connectivity index (χ3v) is 3.82. The van der Waals surface area contributed by atoms with E-state index in [4.69, 9.17) is 10.7 Å². The zero-order valence-corrected chi connectivity index (χ0v) is 12.5. The molecule has 0 bridgehead atoms. The fraction of sp³-hybridized carbons (Fsp3) is 0.214. The number of ketones is 1. The van der Waals surface area contributed by atoms with Gasteiger partial charge in [0, 0.05) is 5.71 Å². The van der Waals surface area contributed by atoms with Crippen molar-refractivity contribution >= 4 is 23.3 Å². The summed E-state index contributed by atoms with van der Waals surface area (Å²) in [5, 5.41) is 24.2. The Hall–Kier alpha value is -2.53. The molecule has 0 saturated carbocycles. The van der Waals surface area contributed by atoms with Crippen molar-refractivity contribution in [3.63, 3.8) is 0 Å². The molecule has 1 aromatic heterocycles. The summed E-state index contributed by atoms with van der Waals surface area (Å²) < 4.78 is 15.2. The van der Waals surface area contributed by atoms with Gasteiger partial charge in [0.05, 0.1) is 17.5 Å². The Kier molecular flexibility index (Phi) is 5.01. The molecule has 0 amide bonds. The van der Waals surface area contributed by atoms with Gasteiger partial charge in [0.1, 0.15) is 18.1 Å². The predicted molar refractivity (Wildman–Crippen MR) is 79.6 cm³/mol. The van der Waals surface area contributed by atoms with Crippen LogP contribution < -0.4 is 0 Å². The molecule has 0 spiro atoms. The molecule has 1 N–H and O–H groups in total. The summed E-state index contributed by atoms with van der Waals surface area (Å²) in [6, 6.07) is 7.94. The summed E-state index contributed by atoms with van der Waals surface area (Å²) in [5.41, 5.74) is 0.284. The maximum Gasteiger partial charge on any atom is 0.196 e. The van der Waals surface area contributed by atoms with Crippen LogP contribution in [-0.4, -0.2) is 32.0 Å².